The van der Waals surface area contributed by atoms with Gasteiger partial charge in [-0.15, -0.1) is 0 Å². The van der Waals surface area contributed by atoms with E-state index in [0.717, 1.165) is 17.6 Å². The van der Waals surface area contributed by atoms with E-state index in [9.17, 15) is 13.2 Å². The fraction of sp³-hybridized carbons (Fsp3) is 0.350. The monoisotopic (exact) mass is 390 g/mol. The summed E-state index contributed by atoms with van der Waals surface area (Å²) >= 11 is 0. The lowest BCUT2D eigenvalue weighted by molar-refractivity contribution is 0.0940. The summed E-state index contributed by atoms with van der Waals surface area (Å²) in [4.78, 5) is 12.5. The molecule has 146 valence electrons. The van der Waals surface area contributed by atoms with Crippen molar-refractivity contribution in [2.45, 2.75) is 26.8 Å². The van der Waals surface area contributed by atoms with Crippen molar-refractivity contribution < 1.29 is 17.9 Å². The maximum atomic E-state index is 12.5. The minimum atomic E-state index is -3.34. The van der Waals surface area contributed by atoms with Crippen LogP contribution in [0.25, 0.3) is 0 Å². The summed E-state index contributed by atoms with van der Waals surface area (Å²) < 4.78 is 30.3. The highest BCUT2D eigenvalue weighted by molar-refractivity contribution is 7.92. The summed E-state index contributed by atoms with van der Waals surface area (Å²) in [6, 6.07) is 14.0. The number of ether oxygens (including phenoxy) is 1. The first-order valence-electron chi connectivity index (χ1n) is 8.87. The molecule has 0 aliphatic rings. The standard InChI is InChI=1S/C20H26N2O4S/c1-5-22(27(4,24)25)18-11-7-17(8-12-18)20(23)21-15(3)16-9-13-19(14-10-16)26-6-2/h7-15H,5-6H2,1-4H3,(H,21,23)/t15-/m1/s1. The van der Waals surface area contributed by atoms with Gasteiger partial charge in [0, 0.05) is 12.1 Å². The maximum absolute atomic E-state index is 12.5. The van der Waals surface area contributed by atoms with Crippen LogP contribution < -0.4 is 14.4 Å². The molecule has 2 aromatic rings. The van der Waals surface area contributed by atoms with Crippen LogP contribution in [-0.2, 0) is 10.0 Å². The van der Waals surface area contributed by atoms with E-state index in [1.54, 1.807) is 31.2 Å². The van der Waals surface area contributed by atoms with Gasteiger partial charge < -0.3 is 10.1 Å². The lowest BCUT2D eigenvalue weighted by atomic mass is 10.1. The fourth-order valence-corrected chi connectivity index (χ4v) is 3.74. The second kappa shape index (κ2) is 8.90. The van der Waals surface area contributed by atoms with Gasteiger partial charge in [0.25, 0.3) is 5.91 Å². The van der Waals surface area contributed by atoms with E-state index in [0.29, 0.717) is 24.4 Å². The van der Waals surface area contributed by atoms with Crippen LogP contribution in [0.1, 0.15) is 42.7 Å². The van der Waals surface area contributed by atoms with Crippen LogP contribution in [-0.4, -0.2) is 33.7 Å². The number of amides is 1. The number of anilines is 1. The lowest BCUT2D eigenvalue weighted by Crippen LogP contribution is -2.29. The molecule has 0 spiro atoms. The zero-order chi connectivity index (χ0) is 20.0. The molecule has 2 aromatic carbocycles. The molecule has 0 unspecified atom stereocenters. The molecule has 6 nitrogen and oxygen atoms in total. The Morgan fingerprint density at radius 1 is 1.07 bits per heavy atom. The van der Waals surface area contributed by atoms with Gasteiger partial charge in [-0.25, -0.2) is 8.42 Å². The summed E-state index contributed by atoms with van der Waals surface area (Å²) in [6.45, 7) is 6.54. The van der Waals surface area contributed by atoms with Crippen LogP contribution in [0.4, 0.5) is 5.69 Å². The third-order valence-corrected chi connectivity index (χ3v) is 5.41. The average molecular weight is 391 g/mol. The number of carbonyl (C=O) groups is 1. The van der Waals surface area contributed by atoms with E-state index in [4.69, 9.17) is 4.74 Å². The lowest BCUT2D eigenvalue weighted by Gasteiger charge is -2.20. The first-order valence-corrected chi connectivity index (χ1v) is 10.7. The van der Waals surface area contributed by atoms with Gasteiger partial charge in [0.15, 0.2) is 0 Å². The molecule has 1 amide bonds. The van der Waals surface area contributed by atoms with Crippen LogP contribution in [0.15, 0.2) is 48.5 Å². The Morgan fingerprint density at radius 3 is 2.15 bits per heavy atom. The number of benzene rings is 2. The van der Waals surface area contributed by atoms with E-state index >= 15 is 0 Å². The molecule has 0 saturated carbocycles. The van der Waals surface area contributed by atoms with Crippen LogP contribution >= 0.6 is 0 Å². The second-order valence-corrected chi connectivity index (χ2v) is 8.08. The SMILES string of the molecule is CCOc1ccc([C@@H](C)NC(=O)c2ccc(N(CC)S(C)(=O)=O)cc2)cc1. The molecule has 2 rings (SSSR count). The Hall–Kier alpha value is -2.54. The number of rotatable bonds is 8. The summed E-state index contributed by atoms with van der Waals surface area (Å²) in [5.41, 5.74) is 1.98. The number of carbonyl (C=O) groups excluding carboxylic acids is 1. The van der Waals surface area contributed by atoms with E-state index in [-0.39, 0.29) is 11.9 Å². The Kier molecular flexibility index (Phi) is 6.85. The Labute approximate surface area is 161 Å². The molecule has 0 aromatic heterocycles. The van der Waals surface area contributed by atoms with Crippen molar-refractivity contribution in [2.24, 2.45) is 0 Å². The molecule has 0 aliphatic carbocycles. The number of nitrogens with zero attached hydrogens (tertiary/aromatic N) is 1. The Balaban J connectivity index is 2.07. The van der Waals surface area contributed by atoms with Crippen molar-refractivity contribution in [3.05, 3.63) is 59.7 Å². The van der Waals surface area contributed by atoms with E-state index in [2.05, 4.69) is 5.32 Å². The number of sulfonamides is 1. The molecular formula is C20H26N2O4S. The topological polar surface area (TPSA) is 75.7 Å². The molecule has 0 radical (unpaired) electrons. The van der Waals surface area contributed by atoms with Crippen LogP contribution in [0.2, 0.25) is 0 Å². The third kappa shape index (κ3) is 5.47. The molecule has 1 atom stereocenters. The molecule has 7 heteroatoms. The van der Waals surface area contributed by atoms with Crippen LogP contribution in [0.3, 0.4) is 0 Å². The van der Waals surface area contributed by atoms with Gasteiger partial charge in [0.2, 0.25) is 10.0 Å². The van der Waals surface area contributed by atoms with Gasteiger partial charge in [-0.1, -0.05) is 12.1 Å². The largest absolute Gasteiger partial charge is 0.494 e. The normalized spacial score (nSPS) is 12.3. The van der Waals surface area contributed by atoms with Crippen LogP contribution in [0.5, 0.6) is 5.75 Å². The van der Waals surface area contributed by atoms with E-state index in [1.807, 2.05) is 38.1 Å². The van der Waals surface area contributed by atoms with E-state index < -0.39 is 10.0 Å². The number of hydrogen-bond donors (Lipinski definition) is 1. The number of nitrogens with one attached hydrogen (secondary N) is 1. The van der Waals surface area contributed by atoms with Gasteiger partial charge in [0.05, 0.1) is 24.6 Å². The van der Waals surface area contributed by atoms with Crippen molar-refractivity contribution in [2.75, 3.05) is 23.7 Å². The third-order valence-electron chi connectivity index (χ3n) is 4.14. The molecule has 0 fully saturated rings. The maximum Gasteiger partial charge on any atom is 0.251 e. The predicted octanol–water partition coefficient (Wildman–Crippen LogP) is 3.36. The first-order chi connectivity index (χ1) is 12.8. The van der Waals surface area contributed by atoms with Gasteiger partial charge in [-0.2, -0.15) is 0 Å². The summed E-state index contributed by atoms with van der Waals surface area (Å²) in [6.07, 6.45) is 1.16. The zero-order valence-electron chi connectivity index (χ0n) is 16.1. The summed E-state index contributed by atoms with van der Waals surface area (Å²) in [7, 11) is -3.34. The average Bonchev–Trinajstić information content (AvgIpc) is 2.62. The van der Waals surface area contributed by atoms with Crippen molar-refractivity contribution in [1.29, 1.82) is 0 Å². The molecule has 27 heavy (non-hydrogen) atoms. The van der Waals surface area contributed by atoms with Gasteiger partial charge >= 0.3 is 0 Å². The number of hydrogen-bond acceptors (Lipinski definition) is 4. The quantitative estimate of drug-likeness (QED) is 0.750. The highest BCUT2D eigenvalue weighted by Gasteiger charge is 2.16. The van der Waals surface area contributed by atoms with Crippen molar-refractivity contribution in [1.82, 2.24) is 5.32 Å². The fourth-order valence-electron chi connectivity index (χ4n) is 2.77. The molecule has 0 bridgehead atoms. The minimum absolute atomic E-state index is 0.170. The predicted molar refractivity (Wildman–Crippen MR) is 108 cm³/mol. The molecule has 1 N–H and O–H groups in total. The highest BCUT2D eigenvalue weighted by atomic mass is 32.2. The van der Waals surface area contributed by atoms with Crippen molar-refractivity contribution >= 4 is 21.6 Å². The van der Waals surface area contributed by atoms with Gasteiger partial charge in [-0.05, 0) is 62.7 Å². The summed E-state index contributed by atoms with van der Waals surface area (Å²) in [5, 5.41) is 2.95. The van der Waals surface area contributed by atoms with Gasteiger partial charge in [0.1, 0.15) is 5.75 Å². The van der Waals surface area contributed by atoms with E-state index in [1.165, 1.54) is 4.31 Å². The Bertz CT molecular complexity index is 862. The highest BCUT2D eigenvalue weighted by Crippen LogP contribution is 2.20. The summed E-state index contributed by atoms with van der Waals surface area (Å²) in [5.74, 6) is 0.576. The molecule has 0 heterocycles. The molecule has 0 aliphatic heterocycles. The van der Waals surface area contributed by atoms with Crippen molar-refractivity contribution in [3.63, 3.8) is 0 Å². The second-order valence-electron chi connectivity index (χ2n) is 6.17. The molecular weight excluding hydrogens is 364 g/mol. The van der Waals surface area contributed by atoms with Crippen molar-refractivity contribution in [3.8, 4) is 5.75 Å². The minimum Gasteiger partial charge on any atom is -0.494 e. The van der Waals surface area contributed by atoms with Gasteiger partial charge in [-0.3, -0.25) is 9.10 Å². The smallest absolute Gasteiger partial charge is 0.251 e. The first kappa shape index (κ1) is 20.8. The Morgan fingerprint density at radius 2 is 1.67 bits per heavy atom. The van der Waals surface area contributed by atoms with Crippen LogP contribution in [0, 0.1) is 0 Å². The molecule has 0 saturated heterocycles. The zero-order valence-corrected chi connectivity index (χ0v) is 16.9.